The van der Waals surface area contributed by atoms with Crippen LogP contribution in [0.25, 0.3) is 0 Å². The van der Waals surface area contributed by atoms with E-state index in [1.165, 1.54) is 266 Å². The van der Waals surface area contributed by atoms with E-state index in [4.69, 9.17) is 16.5 Å². The Morgan fingerprint density at radius 2 is 0.453 bits per heavy atom. The second kappa shape index (κ2) is 43.9. The molecule has 0 aliphatic carbocycles. The van der Waals surface area contributed by atoms with Gasteiger partial charge in [-0.3, -0.25) is 0 Å². The third kappa shape index (κ3) is 31.2. The fourth-order valence-electron chi connectivity index (χ4n) is 10.4. The number of unbranched alkanes of at least 4 members (excludes halogenated alkanes) is 22. The summed E-state index contributed by atoms with van der Waals surface area (Å²) in [4.78, 5) is 0. The molecular weight excluding hydrogens is 865 g/mol. The fraction of sp³-hybridized carbons (Fsp3) is 1.00. The van der Waals surface area contributed by atoms with E-state index in [0.717, 1.165) is 12.1 Å². The van der Waals surface area contributed by atoms with Crippen LogP contribution in [0.3, 0.4) is 0 Å². The van der Waals surface area contributed by atoms with Crippen LogP contribution in [0.15, 0.2) is 0 Å². The first-order chi connectivity index (χ1) is 31.2. The summed E-state index contributed by atoms with van der Waals surface area (Å²) in [7, 11) is -11.8. The van der Waals surface area contributed by atoms with E-state index < -0.39 is 43.0 Å². The zero-order valence-electron chi connectivity index (χ0n) is 46.3. The Morgan fingerprint density at radius 3 is 0.734 bits per heavy atom. The average Bonchev–Trinajstić information content (AvgIpc) is 3.27. The summed E-state index contributed by atoms with van der Waals surface area (Å²) in [6, 6.07) is 13.9. The van der Waals surface area contributed by atoms with Crippen LogP contribution in [0.4, 0.5) is 0 Å². The summed E-state index contributed by atoms with van der Waals surface area (Å²) in [6.45, 7) is 26.4. The Labute approximate surface area is 411 Å². The molecule has 9 heteroatoms. The average molecular weight is 988 g/mol. The van der Waals surface area contributed by atoms with Gasteiger partial charge in [0.2, 0.25) is 0 Å². The zero-order valence-corrected chi connectivity index (χ0v) is 51.5. The van der Waals surface area contributed by atoms with Gasteiger partial charge >= 0.3 is 25.7 Å². The highest BCUT2D eigenvalue weighted by atomic mass is 28.5. The molecule has 0 aliphatic heterocycles. The van der Waals surface area contributed by atoms with Gasteiger partial charge in [0.05, 0.1) is 0 Å². The van der Waals surface area contributed by atoms with Gasteiger partial charge in [0.25, 0.3) is 0 Å². The van der Waals surface area contributed by atoms with Crippen LogP contribution in [0.5, 0.6) is 0 Å². The molecule has 0 unspecified atom stereocenters. The van der Waals surface area contributed by atoms with Crippen LogP contribution in [0, 0.1) is 0 Å². The summed E-state index contributed by atoms with van der Waals surface area (Å²) in [5, 5.41) is 0. The van der Waals surface area contributed by atoms with Crippen molar-refractivity contribution in [1.29, 1.82) is 0 Å². The van der Waals surface area contributed by atoms with Crippen LogP contribution in [-0.2, 0) is 16.5 Å². The molecule has 0 fully saturated rings. The molecule has 0 aromatic heterocycles. The highest BCUT2D eigenvalue weighted by Gasteiger charge is 2.55. The van der Waals surface area contributed by atoms with Crippen molar-refractivity contribution in [3.63, 3.8) is 0 Å². The Balaban J connectivity index is 8.35. The molecule has 0 saturated carbocycles. The minimum atomic E-state index is -2.82. The molecule has 0 aromatic rings. The van der Waals surface area contributed by atoms with Crippen molar-refractivity contribution >= 4 is 43.0 Å². The van der Waals surface area contributed by atoms with Gasteiger partial charge in [-0.05, 0) is 66.5 Å². The van der Waals surface area contributed by atoms with E-state index in [-0.39, 0.29) is 0 Å². The summed E-state index contributed by atoms with van der Waals surface area (Å²) in [5.74, 6) is 0. The molecule has 0 atom stereocenters. The predicted octanol–water partition coefficient (Wildman–Crippen LogP) is 21.1. The molecule has 0 saturated heterocycles. The first-order valence-electron chi connectivity index (χ1n) is 29.9. The summed E-state index contributed by atoms with van der Waals surface area (Å²) < 4.78 is 34.3. The maximum absolute atomic E-state index is 8.77. The van der Waals surface area contributed by atoms with Gasteiger partial charge in [-0.15, -0.1) is 0 Å². The maximum Gasteiger partial charge on any atom is 0.320 e. The molecule has 0 spiro atoms. The van der Waals surface area contributed by atoms with Gasteiger partial charge < -0.3 is 16.5 Å². The minimum absolute atomic E-state index is 1.16. The smallest absolute Gasteiger partial charge is 0.320 e. The fourth-order valence-corrected chi connectivity index (χ4v) is 41.0. The second-order valence-electron chi connectivity index (χ2n) is 21.1. The van der Waals surface area contributed by atoms with Crippen LogP contribution in [0.1, 0.15) is 288 Å². The normalized spacial score (nSPS) is 12.9. The molecule has 0 aliphatic rings. The summed E-state index contributed by atoms with van der Waals surface area (Å²) >= 11 is 0. The molecular formula is C55H122O4Si5. The lowest BCUT2D eigenvalue weighted by molar-refractivity contribution is 0.261. The van der Waals surface area contributed by atoms with Crippen molar-refractivity contribution in [2.24, 2.45) is 0 Å². The van der Waals surface area contributed by atoms with Crippen molar-refractivity contribution in [3.8, 4) is 0 Å². The van der Waals surface area contributed by atoms with Crippen molar-refractivity contribution in [2.45, 2.75) is 355 Å². The lowest BCUT2D eigenvalue weighted by Crippen LogP contribution is -2.64. The van der Waals surface area contributed by atoms with Crippen LogP contribution in [0.2, 0.25) is 66.5 Å². The SMILES string of the molecule is CCCCC[SiH](CCCCC)O[Si](CCCCC)(CCCCC)O[Si](CCCCC)(CCCCC)O[Si](CCCCC)(CCCCC)O[Si](CCCCC)(CCCCC)CCCCC. The lowest BCUT2D eigenvalue weighted by Gasteiger charge is -2.50. The number of hydrogen-bond acceptors (Lipinski definition) is 4. The summed E-state index contributed by atoms with van der Waals surface area (Å²) in [6.07, 6.45) is 42.8. The van der Waals surface area contributed by atoms with Gasteiger partial charge in [0.15, 0.2) is 17.4 Å². The molecule has 0 N–H and O–H groups in total. The zero-order chi connectivity index (χ0) is 47.5. The monoisotopic (exact) mass is 987 g/mol. The molecule has 64 heavy (non-hydrogen) atoms. The van der Waals surface area contributed by atoms with Gasteiger partial charge in [0, 0.05) is 0 Å². The van der Waals surface area contributed by atoms with Crippen LogP contribution in [-0.4, -0.2) is 43.0 Å². The molecule has 0 amide bonds. The summed E-state index contributed by atoms with van der Waals surface area (Å²) in [5.41, 5.74) is 0. The number of rotatable bonds is 52. The Hall–Kier alpha value is 0.924. The first-order valence-corrected chi connectivity index (χ1v) is 41.3. The minimum Gasteiger partial charge on any atom is -0.439 e. The van der Waals surface area contributed by atoms with Crippen LogP contribution >= 0.6 is 0 Å². The van der Waals surface area contributed by atoms with E-state index in [0.29, 0.717) is 0 Å². The topological polar surface area (TPSA) is 36.9 Å². The van der Waals surface area contributed by atoms with E-state index in [1.54, 1.807) is 0 Å². The number of hydrogen-bond donors (Lipinski definition) is 0. The first kappa shape index (κ1) is 64.9. The van der Waals surface area contributed by atoms with Crippen molar-refractivity contribution < 1.29 is 16.5 Å². The van der Waals surface area contributed by atoms with Crippen LogP contribution < -0.4 is 0 Å². The van der Waals surface area contributed by atoms with E-state index in [9.17, 15) is 0 Å². The van der Waals surface area contributed by atoms with Gasteiger partial charge in [-0.2, -0.15) is 0 Å². The molecule has 386 valence electrons. The van der Waals surface area contributed by atoms with Gasteiger partial charge in [-0.1, -0.05) is 288 Å². The lowest BCUT2D eigenvalue weighted by atomic mass is 10.3. The molecule has 0 heterocycles. The Bertz CT molecular complexity index is 906. The quantitative estimate of drug-likeness (QED) is 0.0450. The molecule has 0 bridgehead atoms. The Morgan fingerprint density at radius 1 is 0.234 bits per heavy atom. The van der Waals surface area contributed by atoms with Gasteiger partial charge in [-0.25, -0.2) is 0 Å². The molecule has 0 aromatic carbocycles. The van der Waals surface area contributed by atoms with Gasteiger partial charge in [0.1, 0.15) is 0 Å². The molecule has 4 nitrogen and oxygen atoms in total. The highest BCUT2D eigenvalue weighted by Crippen LogP contribution is 2.44. The van der Waals surface area contributed by atoms with E-state index >= 15 is 0 Å². The van der Waals surface area contributed by atoms with Crippen molar-refractivity contribution in [3.05, 3.63) is 0 Å². The highest BCUT2D eigenvalue weighted by molar-refractivity contribution is 6.91. The maximum atomic E-state index is 8.77. The van der Waals surface area contributed by atoms with E-state index in [2.05, 4.69) is 76.2 Å². The largest absolute Gasteiger partial charge is 0.439 e. The van der Waals surface area contributed by atoms with Crippen molar-refractivity contribution in [1.82, 2.24) is 0 Å². The third-order valence-corrected chi connectivity index (χ3v) is 39.3. The Kier molecular flexibility index (Phi) is 44.5. The standard InChI is InChI=1S/C55H122O4Si5/c1-12-23-34-45-60(46-35-24-13-2)56-62(50-39-28-17-6,51-40-29-18-7)58-64(54-43-32-21-10,55-44-33-22-11)59-63(52-41-30-19-8,53-42-31-20-9)57-61(47-36-25-14-3,48-37-26-15-4)49-38-27-16-5/h60H,12-55H2,1-11H3. The molecule has 0 radical (unpaired) electrons. The van der Waals surface area contributed by atoms with E-state index in [1.807, 2.05) is 0 Å². The third-order valence-electron chi connectivity index (χ3n) is 14.5. The predicted molar refractivity (Wildman–Crippen MR) is 302 cm³/mol. The molecule has 0 rings (SSSR count). The second-order valence-corrected chi connectivity index (χ2v) is 39.2. The van der Waals surface area contributed by atoms with Crippen molar-refractivity contribution in [2.75, 3.05) is 0 Å².